The normalized spacial score (nSPS) is 24.1. The first-order chi connectivity index (χ1) is 9.79. The Morgan fingerprint density at radius 3 is 2.90 bits per heavy atom. The molecular formula is C16H23ClN2O2. The van der Waals surface area contributed by atoms with Gasteiger partial charge in [-0.1, -0.05) is 12.1 Å². The molecule has 116 valence electrons. The molecule has 2 aliphatic heterocycles. The Bertz CT molecular complexity index is 495. The number of piperidine rings is 1. The molecule has 0 bridgehead atoms. The van der Waals surface area contributed by atoms with Gasteiger partial charge in [0.2, 0.25) is 0 Å². The van der Waals surface area contributed by atoms with E-state index in [1.807, 2.05) is 36.1 Å². The number of nitrogens with one attached hydrogen (secondary N) is 1. The standard InChI is InChI=1S/C16H22N2O2.ClH/c1-2-20-15-6-4-3-5-14(15)16(19)18-8-7-12-9-17-10-13(12)11-18;/h3-6,12-13,17H,2,7-11H2,1H3;1H. The molecule has 1 aromatic rings. The van der Waals surface area contributed by atoms with E-state index in [0.29, 0.717) is 23.8 Å². The molecule has 3 rings (SSSR count). The highest BCUT2D eigenvalue weighted by Crippen LogP contribution is 2.28. The van der Waals surface area contributed by atoms with Gasteiger partial charge in [0.25, 0.3) is 5.91 Å². The van der Waals surface area contributed by atoms with Crippen molar-refractivity contribution in [1.82, 2.24) is 10.2 Å². The SMILES string of the molecule is CCOc1ccccc1C(=O)N1CCC2CNCC2C1.Cl. The van der Waals surface area contributed by atoms with Crippen molar-refractivity contribution < 1.29 is 9.53 Å². The minimum atomic E-state index is 0. The zero-order valence-corrected chi connectivity index (χ0v) is 13.2. The molecule has 4 nitrogen and oxygen atoms in total. The molecular weight excluding hydrogens is 288 g/mol. The summed E-state index contributed by atoms with van der Waals surface area (Å²) in [5, 5.41) is 3.43. The van der Waals surface area contributed by atoms with Gasteiger partial charge in [-0.3, -0.25) is 4.79 Å². The highest BCUT2D eigenvalue weighted by atomic mass is 35.5. The maximum absolute atomic E-state index is 12.7. The molecule has 0 aliphatic carbocycles. The number of halogens is 1. The summed E-state index contributed by atoms with van der Waals surface area (Å²) < 4.78 is 5.58. The van der Waals surface area contributed by atoms with Crippen molar-refractivity contribution in [2.45, 2.75) is 13.3 Å². The van der Waals surface area contributed by atoms with Crippen LogP contribution in [0, 0.1) is 11.8 Å². The van der Waals surface area contributed by atoms with Crippen LogP contribution in [0.3, 0.4) is 0 Å². The molecule has 1 aromatic carbocycles. The average molecular weight is 311 g/mol. The van der Waals surface area contributed by atoms with Crippen LogP contribution in [0.5, 0.6) is 5.75 Å². The molecule has 0 saturated carbocycles. The minimum Gasteiger partial charge on any atom is -0.493 e. The monoisotopic (exact) mass is 310 g/mol. The fourth-order valence-corrected chi connectivity index (χ4v) is 3.31. The topological polar surface area (TPSA) is 41.6 Å². The van der Waals surface area contributed by atoms with E-state index in [0.717, 1.165) is 38.5 Å². The van der Waals surface area contributed by atoms with E-state index in [-0.39, 0.29) is 18.3 Å². The fraction of sp³-hybridized carbons (Fsp3) is 0.562. The predicted molar refractivity (Wildman–Crippen MR) is 85.2 cm³/mol. The summed E-state index contributed by atoms with van der Waals surface area (Å²) in [5.41, 5.74) is 0.693. The van der Waals surface area contributed by atoms with E-state index < -0.39 is 0 Å². The Labute approximate surface area is 132 Å². The Morgan fingerprint density at radius 1 is 1.33 bits per heavy atom. The van der Waals surface area contributed by atoms with Crippen LogP contribution in [-0.2, 0) is 0 Å². The number of para-hydroxylation sites is 1. The lowest BCUT2D eigenvalue weighted by Crippen LogP contribution is -2.43. The lowest BCUT2D eigenvalue weighted by atomic mass is 9.88. The van der Waals surface area contributed by atoms with E-state index in [9.17, 15) is 4.79 Å². The van der Waals surface area contributed by atoms with Gasteiger partial charge in [0.1, 0.15) is 5.75 Å². The number of hydrogen-bond donors (Lipinski definition) is 1. The molecule has 21 heavy (non-hydrogen) atoms. The van der Waals surface area contributed by atoms with Crippen LogP contribution >= 0.6 is 12.4 Å². The van der Waals surface area contributed by atoms with Gasteiger partial charge in [-0.15, -0.1) is 12.4 Å². The summed E-state index contributed by atoms with van der Waals surface area (Å²) in [4.78, 5) is 14.7. The number of nitrogens with zero attached hydrogens (tertiary/aromatic N) is 1. The van der Waals surface area contributed by atoms with E-state index >= 15 is 0 Å². The van der Waals surface area contributed by atoms with Gasteiger partial charge in [-0.2, -0.15) is 0 Å². The quantitative estimate of drug-likeness (QED) is 0.930. The number of amides is 1. The molecule has 1 N–H and O–H groups in total. The van der Waals surface area contributed by atoms with Crippen LogP contribution in [-0.4, -0.2) is 43.6 Å². The molecule has 2 atom stereocenters. The second-order valence-electron chi connectivity index (χ2n) is 5.65. The van der Waals surface area contributed by atoms with Crippen molar-refractivity contribution in [3.8, 4) is 5.75 Å². The third-order valence-corrected chi connectivity index (χ3v) is 4.41. The maximum atomic E-state index is 12.7. The van der Waals surface area contributed by atoms with E-state index in [4.69, 9.17) is 4.74 Å². The molecule has 1 amide bonds. The second kappa shape index (κ2) is 7.14. The first kappa shape index (κ1) is 16.1. The molecule has 2 heterocycles. The molecule has 5 heteroatoms. The van der Waals surface area contributed by atoms with Gasteiger partial charge < -0.3 is 15.0 Å². The first-order valence-corrected chi connectivity index (χ1v) is 7.51. The van der Waals surface area contributed by atoms with Gasteiger partial charge in [-0.05, 0) is 50.4 Å². The van der Waals surface area contributed by atoms with Gasteiger partial charge in [0.15, 0.2) is 0 Å². The summed E-state index contributed by atoms with van der Waals surface area (Å²) in [6.07, 6.45) is 1.11. The number of carbonyl (C=O) groups excluding carboxylic acids is 1. The maximum Gasteiger partial charge on any atom is 0.257 e. The third kappa shape index (κ3) is 3.33. The molecule has 2 fully saturated rings. The van der Waals surface area contributed by atoms with E-state index in [2.05, 4.69) is 5.32 Å². The molecule has 2 aliphatic rings. The number of hydrogen-bond acceptors (Lipinski definition) is 3. The zero-order valence-electron chi connectivity index (χ0n) is 12.4. The second-order valence-corrected chi connectivity index (χ2v) is 5.65. The van der Waals surface area contributed by atoms with Gasteiger partial charge in [0.05, 0.1) is 12.2 Å². The number of carbonyl (C=O) groups is 1. The summed E-state index contributed by atoms with van der Waals surface area (Å²) in [6.45, 7) is 6.42. The van der Waals surface area contributed by atoms with Gasteiger partial charge in [0, 0.05) is 13.1 Å². The number of fused-ring (bicyclic) bond motifs is 1. The van der Waals surface area contributed by atoms with Crippen molar-refractivity contribution in [3.05, 3.63) is 29.8 Å². The van der Waals surface area contributed by atoms with Crippen LogP contribution in [0.15, 0.2) is 24.3 Å². The average Bonchev–Trinajstić information content (AvgIpc) is 2.95. The molecule has 0 spiro atoms. The Hall–Kier alpha value is -1.26. The van der Waals surface area contributed by atoms with Crippen LogP contribution in [0.2, 0.25) is 0 Å². The largest absolute Gasteiger partial charge is 0.493 e. The Morgan fingerprint density at radius 2 is 2.10 bits per heavy atom. The van der Waals surface area contributed by atoms with Crippen molar-refractivity contribution >= 4 is 18.3 Å². The number of benzene rings is 1. The van der Waals surface area contributed by atoms with Crippen LogP contribution in [0.4, 0.5) is 0 Å². The molecule has 0 radical (unpaired) electrons. The molecule has 0 aromatic heterocycles. The summed E-state index contributed by atoms with van der Waals surface area (Å²) in [5.74, 6) is 2.18. The zero-order chi connectivity index (χ0) is 13.9. The highest BCUT2D eigenvalue weighted by molar-refractivity contribution is 5.97. The van der Waals surface area contributed by atoms with Crippen molar-refractivity contribution in [2.24, 2.45) is 11.8 Å². The summed E-state index contributed by atoms with van der Waals surface area (Å²) in [6, 6.07) is 7.56. The van der Waals surface area contributed by atoms with Crippen LogP contribution in [0.1, 0.15) is 23.7 Å². The summed E-state index contributed by atoms with van der Waals surface area (Å²) in [7, 11) is 0. The number of likely N-dealkylation sites (tertiary alicyclic amines) is 1. The lowest BCUT2D eigenvalue weighted by molar-refractivity contribution is 0.0638. The minimum absolute atomic E-state index is 0. The van der Waals surface area contributed by atoms with Crippen molar-refractivity contribution in [2.75, 3.05) is 32.8 Å². The van der Waals surface area contributed by atoms with E-state index in [1.54, 1.807) is 0 Å². The lowest BCUT2D eigenvalue weighted by Gasteiger charge is -2.34. The Balaban J connectivity index is 0.00000161. The number of rotatable bonds is 3. The van der Waals surface area contributed by atoms with Crippen LogP contribution < -0.4 is 10.1 Å². The Kier molecular flexibility index (Phi) is 5.48. The first-order valence-electron chi connectivity index (χ1n) is 7.51. The molecule has 2 unspecified atom stereocenters. The van der Waals surface area contributed by atoms with Gasteiger partial charge in [-0.25, -0.2) is 0 Å². The van der Waals surface area contributed by atoms with E-state index in [1.165, 1.54) is 0 Å². The molecule has 2 saturated heterocycles. The van der Waals surface area contributed by atoms with Crippen molar-refractivity contribution in [1.29, 1.82) is 0 Å². The van der Waals surface area contributed by atoms with Gasteiger partial charge >= 0.3 is 0 Å². The number of ether oxygens (including phenoxy) is 1. The third-order valence-electron chi connectivity index (χ3n) is 4.41. The van der Waals surface area contributed by atoms with Crippen molar-refractivity contribution in [3.63, 3.8) is 0 Å². The fourth-order valence-electron chi connectivity index (χ4n) is 3.31. The van der Waals surface area contributed by atoms with Crippen LogP contribution in [0.25, 0.3) is 0 Å². The highest BCUT2D eigenvalue weighted by Gasteiger charge is 2.35. The predicted octanol–water partition coefficient (Wildman–Crippen LogP) is 2.19. The smallest absolute Gasteiger partial charge is 0.257 e. The summed E-state index contributed by atoms with van der Waals surface area (Å²) >= 11 is 0.